The fourth-order valence-electron chi connectivity index (χ4n) is 2.92. The van der Waals surface area contributed by atoms with Gasteiger partial charge >= 0.3 is 0 Å². The number of thioether (sulfide) groups is 1. The summed E-state index contributed by atoms with van der Waals surface area (Å²) in [5.41, 5.74) is 2.78. The molecule has 0 unspecified atom stereocenters. The molecule has 0 spiro atoms. The Morgan fingerprint density at radius 3 is 2.75 bits per heavy atom. The Morgan fingerprint density at radius 1 is 1.18 bits per heavy atom. The van der Waals surface area contributed by atoms with Gasteiger partial charge in [0.05, 0.1) is 22.5 Å². The van der Waals surface area contributed by atoms with Gasteiger partial charge in [0.15, 0.2) is 0 Å². The Hall–Kier alpha value is -2.64. The lowest BCUT2D eigenvalue weighted by Gasteiger charge is -2.08. The minimum Gasteiger partial charge on any atom is -0.352 e. The highest BCUT2D eigenvalue weighted by Crippen LogP contribution is 2.27. The van der Waals surface area contributed by atoms with Crippen LogP contribution in [0.2, 0.25) is 5.02 Å². The minimum atomic E-state index is -0.482. The molecular formula is C20H17ClN4O2S. The van der Waals surface area contributed by atoms with Gasteiger partial charge in [-0.1, -0.05) is 47.6 Å². The molecule has 4 rings (SSSR count). The number of rotatable bonds is 6. The van der Waals surface area contributed by atoms with Gasteiger partial charge in [0.1, 0.15) is 11.1 Å². The van der Waals surface area contributed by atoms with Gasteiger partial charge < -0.3 is 10.3 Å². The van der Waals surface area contributed by atoms with Gasteiger partial charge in [-0.2, -0.15) is 0 Å². The average molecular weight is 413 g/mol. The van der Waals surface area contributed by atoms with E-state index in [1.165, 1.54) is 11.8 Å². The lowest BCUT2D eigenvalue weighted by molar-refractivity contribution is -0.124. The predicted molar refractivity (Wildman–Crippen MR) is 112 cm³/mol. The van der Waals surface area contributed by atoms with Crippen molar-refractivity contribution in [3.63, 3.8) is 0 Å². The summed E-state index contributed by atoms with van der Waals surface area (Å²) in [7, 11) is 0. The van der Waals surface area contributed by atoms with E-state index in [2.05, 4.69) is 20.3 Å². The van der Waals surface area contributed by atoms with Crippen molar-refractivity contribution in [2.24, 2.45) is 4.99 Å². The topological polar surface area (TPSA) is 87.2 Å². The summed E-state index contributed by atoms with van der Waals surface area (Å²) in [5.74, 6) is 0.312. The third-order valence-corrected chi connectivity index (χ3v) is 5.73. The molecule has 1 aliphatic rings. The average Bonchev–Trinajstić information content (AvgIpc) is 3.24. The molecule has 0 radical (unpaired) electrons. The Kier molecular flexibility index (Phi) is 5.45. The highest BCUT2D eigenvalue weighted by Gasteiger charge is 2.30. The van der Waals surface area contributed by atoms with Crippen molar-refractivity contribution in [1.29, 1.82) is 0 Å². The zero-order valence-corrected chi connectivity index (χ0v) is 16.4. The molecule has 0 bridgehead atoms. The molecule has 0 fully saturated rings. The number of fused-ring (bicyclic) bond motifs is 1. The van der Waals surface area contributed by atoms with Crippen molar-refractivity contribution in [3.8, 4) is 0 Å². The lowest BCUT2D eigenvalue weighted by Crippen LogP contribution is -2.27. The number of aromatic amines is 1. The Bertz CT molecular complexity index is 1030. The van der Waals surface area contributed by atoms with Crippen LogP contribution in [0.15, 0.2) is 53.5 Å². The molecule has 1 atom stereocenters. The summed E-state index contributed by atoms with van der Waals surface area (Å²) in [6.07, 6.45) is 0.554. The van der Waals surface area contributed by atoms with Crippen molar-refractivity contribution < 1.29 is 9.59 Å². The van der Waals surface area contributed by atoms with E-state index in [0.29, 0.717) is 23.0 Å². The second-order valence-electron chi connectivity index (χ2n) is 6.44. The maximum atomic E-state index is 12.2. The first-order valence-electron chi connectivity index (χ1n) is 8.79. The summed E-state index contributed by atoms with van der Waals surface area (Å²) >= 11 is 7.19. The number of carbonyl (C=O) groups excluding carboxylic acids is 2. The summed E-state index contributed by atoms with van der Waals surface area (Å²) < 4.78 is 0. The van der Waals surface area contributed by atoms with Gasteiger partial charge in [-0.05, 0) is 29.8 Å². The van der Waals surface area contributed by atoms with Crippen LogP contribution >= 0.6 is 23.4 Å². The van der Waals surface area contributed by atoms with Gasteiger partial charge in [0, 0.05) is 18.0 Å². The fraction of sp³-hybridized carbons (Fsp3) is 0.200. The van der Waals surface area contributed by atoms with Crippen molar-refractivity contribution in [1.82, 2.24) is 15.3 Å². The predicted octanol–water partition coefficient (Wildman–Crippen LogP) is 3.51. The molecule has 2 aromatic carbocycles. The van der Waals surface area contributed by atoms with Crippen LogP contribution in [-0.4, -0.2) is 32.1 Å². The third kappa shape index (κ3) is 4.43. The van der Waals surface area contributed by atoms with Crippen molar-refractivity contribution in [2.75, 3.05) is 0 Å². The first kappa shape index (κ1) is 18.7. The van der Waals surface area contributed by atoms with Gasteiger partial charge in [-0.25, -0.2) is 9.98 Å². The Morgan fingerprint density at radius 2 is 1.96 bits per heavy atom. The number of nitrogens with one attached hydrogen (secondary N) is 2. The normalized spacial score (nSPS) is 16.4. The number of hydrogen-bond donors (Lipinski definition) is 2. The second-order valence-corrected chi connectivity index (χ2v) is 8.15. The maximum Gasteiger partial charge on any atom is 0.260 e. The van der Waals surface area contributed by atoms with E-state index in [0.717, 1.165) is 22.4 Å². The molecule has 3 aromatic rings. The first-order chi connectivity index (χ1) is 13.6. The number of aromatic nitrogens is 2. The number of halogens is 1. The van der Waals surface area contributed by atoms with Gasteiger partial charge in [-0.15, -0.1) is 0 Å². The highest BCUT2D eigenvalue weighted by atomic mass is 35.5. The van der Waals surface area contributed by atoms with Crippen LogP contribution < -0.4 is 5.32 Å². The lowest BCUT2D eigenvalue weighted by atomic mass is 10.2. The van der Waals surface area contributed by atoms with Crippen LogP contribution in [0.1, 0.15) is 17.8 Å². The summed E-state index contributed by atoms with van der Waals surface area (Å²) in [6, 6.07) is 15.0. The van der Waals surface area contributed by atoms with Crippen LogP contribution in [0.5, 0.6) is 0 Å². The number of H-pyrrole nitrogens is 1. The van der Waals surface area contributed by atoms with Crippen molar-refractivity contribution in [2.45, 2.75) is 24.6 Å². The Labute approximate surface area is 170 Å². The van der Waals surface area contributed by atoms with Crippen LogP contribution in [0.3, 0.4) is 0 Å². The fourth-order valence-corrected chi connectivity index (χ4v) is 4.13. The quantitative estimate of drug-likeness (QED) is 0.648. The molecule has 2 N–H and O–H groups in total. The molecule has 0 saturated carbocycles. The summed E-state index contributed by atoms with van der Waals surface area (Å²) in [5, 5.41) is 3.68. The zero-order valence-electron chi connectivity index (χ0n) is 14.8. The van der Waals surface area contributed by atoms with Crippen LogP contribution in [0.4, 0.5) is 0 Å². The number of amides is 2. The molecule has 8 heteroatoms. The molecule has 2 amide bonds. The SMILES string of the molecule is O=C(C[C@@H]1SC(Cc2nc3ccccc3[nH]2)=NC1=O)NCc1ccc(Cl)cc1. The number of nitrogens with zero attached hydrogens (tertiary/aromatic N) is 2. The van der Waals surface area contributed by atoms with Crippen molar-refractivity contribution >= 4 is 51.3 Å². The molecule has 6 nitrogen and oxygen atoms in total. The van der Waals surface area contributed by atoms with E-state index in [1.807, 2.05) is 36.4 Å². The molecule has 2 heterocycles. The number of para-hydroxylation sites is 2. The number of imidazole rings is 1. The van der Waals surface area contributed by atoms with E-state index >= 15 is 0 Å². The highest BCUT2D eigenvalue weighted by molar-refractivity contribution is 8.15. The number of aliphatic imine (C=N–C) groups is 1. The molecule has 0 aliphatic carbocycles. The largest absolute Gasteiger partial charge is 0.352 e. The number of benzene rings is 2. The van der Waals surface area contributed by atoms with Crippen LogP contribution in [0.25, 0.3) is 11.0 Å². The van der Waals surface area contributed by atoms with E-state index in [9.17, 15) is 9.59 Å². The van der Waals surface area contributed by atoms with E-state index in [1.54, 1.807) is 12.1 Å². The summed E-state index contributed by atoms with van der Waals surface area (Å²) in [4.78, 5) is 36.2. The van der Waals surface area contributed by atoms with Crippen LogP contribution in [-0.2, 0) is 22.6 Å². The molecule has 1 aromatic heterocycles. The standard InChI is InChI=1S/C20H17ClN4O2S/c21-13-7-5-12(6-8-13)11-22-18(26)9-16-20(27)25-19(28-16)10-17-23-14-3-1-2-4-15(14)24-17/h1-8,16H,9-11H2,(H,22,26)(H,23,24)/t16-/m0/s1. The number of hydrogen-bond acceptors (Lipinski definition) is 4. The second kappa shape index (κ2) is 8.16. The van der Waals surface area contributed by atoms with Gasteiger partial charge in [0.2, 0.25) is 5.91 Å². The van der Waals surface area contributed by atoms with Crippen molar-refractivity contribution in [3.05, 3.63) is 64.9 Å². The molecule has 28 heavy (non-hydrogen) atoms. The maximum absolute atomic E-state index is 12.2. The van der Waals surface area contributed by atoms with E-state index in [-0.39, 0.29) is 18.2 Å². The smallest absolute Gasteiger partial charge is 0.260 e. The first-order valence-corrected chi connectivity index (χ1v) is 10.1. The van der Waals surface area contributed by atoms with Gasteiger partial charge in [0.25, 0.3) is 5.91 Å². The molecule has 0 saturated heterocycles. The monoisotopic (exact) mass is 412 g/mol. The Balaban J connectivity index is 1.30. The minimum absolute atomic E-state index is 0.101. The van der Waals surface area contributed by atoms with E-state index < -0.39 is 5.25 Å². The molecular weight excluding hydrogens is 396 g/mol. The van der Waals surface area contributed by atoms with Crippen LogP contribution in [0, 0.1) is 0 Å². The van der Waals surface area contributed by atoms with Gasteiger partial charge in [-0.3, -0.25) is 9.59 Å². The van der Waals surface area contributed by atoms with E-state index in [4.69, 9.17) is 11.6 Å². The molecule has 142 valence electrons. The zero-order chi connectivity index (χ0) is 19.5. The summed E-state index contributed by atoms with van der Waals surface area (Å²) in [6.45, 7) is 0.397. The molecule has 1 aliphatic heterocycles. The number of carbonyl (C=O) groups is 2. The third-order valence-electron chi connectivity index (χ3n) is 4.32.